The fraction of sp³-hybridized carbons (Fsp3) is 0.429. The number of halogens is 2. The Morgan fingerprint density at radius 2 is 2.00 bits per heavy atom. The molecule has 1 fully saturated rings. The third kappa shape index (κ3) is 2.97. The lowest BCUT2D eigenvalue weighted by Gasteiger charge is -2.32. The van der Waals surface area contributed by atoms with Crippen LogP contribution in [0, 0.1) is 0 Å². The lowest BCUT2D eigenvalue weighted by atomic mass is 10.0. The highest BCUT2D eigenvalue weighted by molar-refractivity contribution is 6.42. The Balaban J connectivity index is 1.60. The summed E-state index contributed by atoms with van der Waals surface area (Å²) in [6.45, 7) is 2.92. The number of piperidine rings is 1. The van der Waals surface area contributed by atoms with Crippen molar-refractivity contribution in [2.45, 2.75) is 25.4 Å². The molecule has 4 nitrogen and oxygen atoms in total. The highest BCUT2D eigenvalue weighted by Gasteiger charge is 2.21. The van der Waals surface area contributed by atoms with E-state index in [0.29, 0.717) is 16.1 Å². The second-order valence-corrected chi connectivity index (χ2v) is 5.88. The van der Waals surface area contributed by atoms with Gasteiger partial charge in [0, 0.05) is 19.6 Å². The van der Waals surface area contributed by atoms with Gasteiger partial charge in [-0.3, -0.25) is 4.90 Å². The van der Waals surface area contributed by atoms with Crippen LogP contribution in [0.2, 0.25) is 10.0 Å². The molecule has 3 rings (SSSR count). The maximum atomic E-state index is 6.24. The van der Waals surface area contributed by atoms with Gasteiger partial charge in [0.2, 0.25) is 0 Å². The average Bonchev–Trinajstić information content (AvgIpc) is 2.99. The molecule has 0 N–H and O–H groups in total. The first-order valence-electron chi connectivity index (χ1n) is 6.73. The van der Waals surface area contributed by atoms with Gasteiger partial charge in [0.1, 0.15) is 12.7 Å². The van der Waals surface area contributed by atoms with Crippen LogP contribution in [-0.2, 0) is 6.54 Å². The van der Waals surface area contributed by atoms with Crippen molar-refractivity contribution in [2.75, 3.05) is 13.1 Å². The molecule has 0 atom stereocenters. The summed E-state index contributed by atoms with van der Waals surface area (Å²) in [5.74, 6) is 0. The SMILES string of the molecule is Clc1cccc(CN2CCC(n3cncn3)CC2)c1Cl. The van der Waals surface area contributed by atoms with Crippen LogP contribution in [0.5, 0.6) is 0 Å². The topological polar surface area (TPSA) is 34.0 Å². The number of aromatic nitrogens is 3. The maximum Gasteiger partial charge on any atom is 0.137 e. The van der Waals surface area contributed by atoms with Crippen molar-refractivity contribution in [1.29, 1.82) is 0 Å². The maximum absolute atomic E-state index is 6.24. The number of nitrogens with zero attached hydrogens (tertiary/aromatic N) is 4. The van der Waals surface area contributed by atoms with Crippen molar-refractivity contribution in [1.82, 2.24) is 19.7 Å². The van der Waals surface area contributed by atoms with E-state index in [9.17, 15) is 0 Å². The molecule has 1 aliphatic rings. The molecule has 0 aliphatic carbocycles. The molecule has 1 aromatic carbocycles. The smallest absolute Gasteiger partial charge is 0.137 e. The molecular weight excluding hydrogens is 295 g/mol. The summed E-state index contributed by atoms with van der Waals surface area (Å²) in [6, 6.07) is 6.27. The second kappa shape index (κ2) is 6.12. The van der Waals surface area contributed by atoms with Crippen LogP contribution in [0.3, 0.4) is 0 Å². The number of benzene rings is 1. The molecule has 1 aromatic heterocycles. The van der Waals surface area contributed by atoms with Gasteiger partial charge in [-0.1, -0.05) is 35.3 Å². The summed E-state index contributed by atoms with van der Waals surface area (Å²) in [5.41, 5.74) is 1.10. The first-order chi connectivity index (χ1) is 9.74. The summed E-state index contributed by atoms with van der Waals surface area (Å²) in [5, 5.41) is 5.52. The predicted octanol–water partition coefficient (Wildman–Crippen LogP) is 3.42. The minimum Gasteiger partial charge on any atom is -0.299 e. The minimum absolute atomic E-state index is 0.462. The van der Waals surface area contributed by atoms with E-state index >= 15 is 0 Å². The molecule has 0 unspecified atom stereocenters. The Morgan fingerprint density at radius 3 is 2.70 bits per heavy atom. The van der Waals surface area contributed by atoms with E-state index in [-0.39, 0.29) is 0 Å². The Kier molecular flexibility index (Phi) is 4.24. The molecular formula is C14H16Cl2N4. The Bertz CT molecular complexity index is 563. The fourth-order valence-electron chi connectivity index (χ4n) is 2.66. The zero-order chi connectivity index (χ0) is 13.9. The van der Waals surface area contributed by atoms with Gasteiger partial charge in [-0.05, 0) is 24.5 Å². The largest absolute Gasteiger partial charge is 0.299 e. The van der Waals surface area contributed by atoms with Crippen LogP contribution in [0.1, 0.15) is 24.4 Å². The first-order valence-corrected chi connectivity index (χ1v) is 7.49. The number of rotatable bonds is 3. The Morgan fingerprint density at radius 1 is 1.20 bits per heavy atom. The Hall–Kier alpha value is -1.10. The number of hydrogen-bond acceptors (Lipinski definition) is 3. The molecule has 0 saturated carbocycles. The van der Waals surface area contributed by atoms with Crippen LogP contribution in [0.4, 0.5) is 0 Å². The van der Waals surface area contributed by atoms with E-state index in [0.717, 1.165) is 38.0 Å². The van der Waals surface area contributed by atoms with Gasteiger partial charge in [0.25, 0.3) is 0 Å². The van der Waals surface area contributed by atoms with Gasteiger partial charge in [-0.2, -0.15) is 5.10 Å². The van der Waals surface area contributed by atoms with E-state index in [4.69, 9.17) is 23.2 Å². The van der Waals surface area contributed by atoms with E-state index in [2.05, 4.69) is 15.0 Å². The first kappa shape index (κ1) is 13.9. The van der Waals surface area contributed by atoms with Crippen LogP contribution in [0.25, 0.3) is 0 Å². The van der Waals surface area contributed by atoms with Crippen molar-refractivity contribution in [3.63, 3.8) is 0 Å². The standard InChI is InChI=1S/C14H16Cl2N4/c15-13-3-1-2-11(14(13)16)8-19-6-4-12(5-7-19)20-10-17-9-18-20/h1-3,9-10,12H,4-8H2. The molecule has 1 saturated heterocycles. The zero-order valence-electron chi connectivity index (χ0n) is 11.0. The van der Waals surface area contributed by atoms with Gasteiger partial charge in [-0.15, -0.1) is 0 Å². The zero-order valence-corrected chi connectivity index (χ0v) is 12.6. The fourth-order valence-corrected chi connectivity index (χ4v) is 3.04. The summed E-state index contributed by atoms with van der Waals surface area (Å²) in [6.07, 6.45) is 5.56. The molecule has 0 spiro atoms. The third-order valence-electron chi connectivity index (χ3n) is 3.79. The van der Waals surface area contributed by atoms with Gasteiger partial charge in [0.05, 0.1) is 16.1 Å². The van der Waals surface area contributed by atoms with Gasteiger partial charge >= 0.3 is 0 Å². The van der Waals surface area contributed by atoms with Crippen molar-refractivity contribution < 1.29 is 0 Å². The summed E-state index contributed by atoms with van der Waals surface area (Å²) >= 11 is 12.3. The highest BCUT2D eigenvalue weighted by Crippen LogP contribution is 2.28. The van der Waals surface area contributed by atoms with E-state index < -0.39 is 0 Å². The molecule has 2 heterocycles. The van der Waals surface area contributed by atoms with Crippen LogP contribution in [0.15, 0.2) is 30.9 Å². The van der Waals surface area contributed by atoms with E-state index in [1.54, 1.807) is 12.7 Å². The predicted molar refractivity (Wildman–Crippen MR) is 80.0 cm³/mol. The number of likely N-dealkylation sites (tertiary alicyclic amines) is 1. The highest BCUT2D eigenvalue weighted by atomic mass is 35.5. The monoisotopic (exact) mass is 310 g/mol. The lowest BCUT2D eigenvalue weighted by molar-refractivity contribution is 0.173. The quantitative estimate of drug-likeness (QED) is 0.871. The molecule has 0 amide bonds. The summed E-state index contributed by atoms with van der Waals surface area (Å²) in [7, 11) is 0. The van der Waals surface area contributed by atoms with E-state index in [1.165, 1.54) is 0 Å². The second-order valence-electron chi connectivity index (χ2n) is 5.10. The Labute approximate surface area is 128 Å². The van der Waals surface area contributed by atoms with Crippen LogP contribution < -0.4 is 0 Å². The summed E-state index contributed by atoms with van der Waals surface area (Å²) < 4.78 is 1.96. The van der Waals surface area contributed by atoms with Crippen LogP contribution >= 0.6 is 23.2 Å². The minimum atomic E-state index is 0.462. The van der Waals surface area contributed by atoms with Crippen molar-refractivity contribution in [3.8, 4) is 0 Å². The van der Waals surface area contributed by atoms with Crippen molar-refractivity contribution in [3.05, 3.63) is 46.5 Å². The third-order valence-corrected chi connectivity index (χ3v) is 4.65. The summed E-state index contributed by atoms with van der Waals surface area (Å²) in [4.78, 5) is 6.42. The average molecular weight is 311 g/mol. The molecule has 6 heteroatoms. The van der Waals surface area contributed by atoms with Gasteiger partial charge in [-0.25, -0.2) is 9.67 Å². The van der Waals surface area contributed by atoms with Crippen molar-refractivity contribution in [2.24, 2.45) is 0 Å². The van der Waals surface area contributed by atoms with Crippen LogP contribution in [-0.4, -0.2) is 32.8 Å². The molecule has 20 heavy (non-hydrogen) atoms. The normalized spacial score (nSPS) is 17.5. The molecule has 106 valence electrons. The van der Waals surface area contributed by atoms with E-state index in [1.807, 2.05) is 22.9 Å². The van der Waals surface area contributed by atoms with Gasteiger partial charge < -0.3 is 0 Å². The van der Waals surface area contributed by atoms with Gasteiger partial charge in [0.15, 0.2) is 0 Å². The lowest BCUT2D eigenvalue weighted by Crippen LogP contribution is -2.34. The van der Waals surface area contributed by atoms with Crippen molar-refractivity contribution >= 4 is 23.2 Å². The molecule has 2 aromatic rings. The molecule has 1 aliphatic heterocycles. The molecule has 0 radical (unpaired) electrons. The molecule has 0 bridgehead atoms. The number of hydrogen-bond donors (Lipinski definition) is 0.